The molecule has 0 aromatic heterocycles. The molecular weight excluding hydrogens is 165 g/mol. The van der Waals surface area contributed by atoms with Crippen molar-refractivity contribution < 1.29 is 4.39 Å². The van der Waals surface area contributed by atoms with Gasteiger partial charge in [-0.25, -0.2) is 4.39 Å². The molecule has 1 fully saturated rings. The Morgan fingerprint density at radius 3 is 2.31 bits per heavy atom. The first-order chi connectivity index (χ1) is 6.10. The number of hydrogen-bond acceptors (Lipinski definition) is 1. The normalized spacial score (nSPS) is 21.1. The van der Waals surface area contributed by atoms with Crippen LogP contribution in [0.15, 0.2) is 24.3 Å². The third-order valence-corrected chi connectivity index (χ3v) is 2.82. The third kappa shape index (κ3) is 1.53. The largest absolute Gasteiger partial charge is 0.399 e. The molecule has 2 N–H and O–H groups in total. The lowest BCUT2D eigenvalue weighted by atomic mass is 9.93. The number of benzene rings is 1. The van der Waals surface area contributed by atoms with Gasteiger partial charge in [-0.1, -0.05) is 12.1 Å². The van der Waals surface area contributed by atoms with Crippen molar-refractivity contribution in [2.24, 2.45) is 5.92 Å². The van der Waals surface area contributed by atoms with E-state index < -0.39 is 5.67 Å². The van der Waals surface area contributed by atoms with Crippen LogP contribution in [0, 0.1) is 5.92 Å². The zero-order chi connectivity index (χ0) is 9.47. The smallest absolute Gasteiger partial charge is 0.136 e. The molecule has 1 aliphatic rings. The first-order valence-corrected chi connectivity index (χ1v) is 4.65. The molecule has 1 nitrogen and oxygen atoms in total. The molecule has 2 heteroatoms. The van der Waals surface area contributed by atoms with Crippen molar-refractivity contribution in [2.45, 2.75) is 25.4 Å². The average molecular weight is 179 g/mol. The Hall–Kier alpha value is -1.05. The second kappa shape index (κ2) is 2.72. The fraction of sp³-hybridized carbons (Fsp3) is 0.455. The summed E-state index contributed by atoms with van der Waals surface area (Å²) in [6.07, 6.45) is 2.02. The van der Waals surface area contributed by atoms with Crippen LogP contribution in [0.4, 0.5) is 10.1 Å². The van der Waals surface area contributed by atoms with Crippen molar-refractivity contribution in [1.82, 2.24) is 0 Å². The van der Waals surface area contributed by atoms with Gasteiger partial charge in [0, 0.05) is 5.69 Å². The molecule has 0 spiro atoms. The Kier molecular flexibility index (Phi) is 1.79. The molecule has 13 heavy (non-hydrogen) atoms. The van der Waals surface area contributed by atoms with Gasteiger partial charge < -0.3 is 5.73 Å². The Bertz CT molecular complexity index is 298. The molecule has 1 saturated carbocycles. The highest BCUT2D eigenvalue weighted by molar-refractivity contribution is 5.41. The predicted octanol–water partition coefficient (Wildman–Crippen LogP) is 2.86. The Balaban J connectivity index is 2.28. The first kappa shape index (κ1) is 8.54. The Labute approximate surface area is 77.8 Å². The summed E-state index contributed by atoms with van der Waals surface area (Å²) in [7, 11) is 0. The molecule has 0 amide bonds. The molecule has 70 valence electrons. The van der Waals surface area contributed by atoms with E-state index in [4.69, 9.17) is 5.73 Å². The van der Waals surface area contributed by atoms with Gasteiger partial charge in [0.25, 0.3) is 0 Å². The summed E-state index contributed by atoms with van der Waals surface area (Å²) in [6, 6.07) is 7.09. The molecular formula is C11H14FN. The molecule has 0 saturated heterocycles. The van der Waals surface area contributed by atoms with E-state index in [1.165, 1.54) is 0 Å². The zero-order valence-electron chi connectivity index (χ0n) is 7.76. The lowest BCUT2D eigenvalue weighted by Gasteiger charge is -2.20. The van der Waals surface area contributed by atoms with Gasteiger partial charge in [-0.3, -0.25) is 0 Å². The monoisotopic (exact) mass is 179 g/mol. The van der Waals surface area contributed by atoms with Gasteiger partial charge >= 0.3 is 0 Å². The third-order valence-electron chi connectivity index (χ3n) is 2.82. The fourth-order valence-corrected chi connectivity index (χ4v) is 1.67. The highest BCUT2D eigenvalue weighted by Gasteiger charge is 2.42. The van der Waals surface area contributed by atoms with Crippen LogP contribution in [0.3, 0.4) is 0 Å². The van der Waals surface area contributed by atoms with Gasteiger partial charge in [-0.05, 0) is 43.4 Å². The van der Waals surface area contributed by atoms with Gasteiger partial charge in [-0.15, -0.1) is 0 Å². The summed E-state index contributed by atoms with van der Waals surface area (Å²) < 4.78 is 14.1. The minimum absolute atomic E-state index is 0.219. The van der Waals surface area contributed by atoms with Crippen molar-refractivity contribution in [1.29, 1.82) is 0 Å². The van der Waals surface area contributed by atoms with Crippen LogP contribution in [0.25, 0.3) is 0 Å². The Morgan fingerprint density at radius 2 is 1.85 bits per heavy atom. The van der Waals surface area contributed by atoms with E-state index in [-0.39, 0.29) is 5.92 Å². The summed E-state index contributed by atoms with van der Waals surface area (Å²) in [6.45, 7) is 1.66. The molecule has 1 aromatic rings. The first-order valence-electron chi connectivity index (χ1n) is 4.65. The molecule has 2 rings (SSSR count). The highest BCUT2D eigenvalue weighted by atomic mass is 19.1. The van der Waals surface area contributed by atoms with Crippen molar-refractivity contribution in [2.75, 3.05) is 5.73 Å². The van der Waals surface area contributed by atoms with Crippen LogP contribution in [0.5, 0.6) is 0 Å². The molecule has 0 aliphatic heterocycles. The minimum atomic E-state index is -1.16. The molecule has 1 aromatic carbocycles. The zero-order valence-corrected chi connectivity index (χ0v) is 7.76. The van der Waals surface area contributed by atoms with E-state index in [0.717, 1.165) is 18.4 Å². The SMILES string of the molecule is CC(F)(c1ccc(N)cc1)C1CC1. The van der Waals surface area contributed by atoms with Crippen LogP contribution in [-0.4, -0.2) is 0 Å². The topological polar surface area (TPSA) is 26.0 Å². The van der Waals surface area contributed by atoms with Gasteiger partial charge in [0.15, 0.2) is 0 Å². The Morgan fingerprint density at radius 1 is 1.31 bits per heavy atom. The van der Waals surface area contributed by atoms with Crippen LogP contribution >= 0.6 is 0 Å². The number of anilines is 1. The minimum Gasteiger partial charge on any atom is -0.399 e. The maximum absolute atomic E-state index is 14.1. The van der Waals surface area contributed by atoms with Gasteiger partial charge in [-0.2, -0.15) is 0 Å². The lowest BCUT2D eigenvalue weighted by Crippen LogP contribution is -2.17. The van der Waals surface area contributed by atoms with Gasteiger partial charge in [0.2, 0.25) is 0 Å². The summed E-state index contributed by atoms with van der Waals surface area (Å²) in [5, 5.41) is 0. The fourth-order valence-electron chi connectivity index (χ4n) is 1.67. The van der Waals surface area contributed by atoms with Crippen molar-refractivity contribution in [3.8, 4) is 0 Å². The van der Waals surface area contributed by atoms with E-state index in [0.29, 0.717) is 5.69 Å². The lowest BCUT2D eigenvalue weighted by molar-refractivity contribution is 0.158. The van der Waals surface area contributed by atoms with E-state index >= 15 is 0 Å². The number of halogens is 1. The van der Waals surface area contributed by atoms with Crippen molar-refractivity contribution >= 4 is 5.69 Å². The number of hydrogen-bond donors (Lipinski definition) is 1. The molecule has 1 aliphatic carbocycles. The summed E-state index contributed by atoms with van der Waals surface area (Å²) >= 11 is 0. The second-order valence-corrected chi connectivity index (χ2v) is 3.97. The quantitative estimate of drug-likeness (QED) is 0.694. The summed E-state index contributed by atoms with van der Waals surface area (Å²) in [5.41, 5.74) is 5.82. The molecule has 1 unspecified atom stereocenters. The summed E-state index contributed by atoms with van der Waals surface area (Å²) in [4.78, 5) is 0. The molecule has 0 heterocycles. The van der Waals surface area contributed by atoms with Crippen molar-refractivity contribution in [3.63, 3.8) is 0 Å². The maximum atomic E-state index is 14.1. The van der Waals surface area contributed by atoms with Crippen LogP contribution in [0.2, 0.25) is 0 Å². The summed E-state index contributed by atoms with van der Waals surface area (Å²) in [5.74, 6) is 0.219. The standard InChI is InChI=1S/C11H14FN/c1-11(12,8-2-3-8)9-4-6-10(13)7-5-9/h4-8H,2-3,13H2,1H3. The highest BCUT2D eigenvalue weighted by Crippen LogP contribution is 2.48. The van der Waals surface area contributed by atoms with Gasteiger partial charge in [0.1, 0.15) is 5.67 Å². The molecule has 0 bridgehead atoms. The number of nitrogen functional groups attached to an aromatic ring is 1. The van der Waals surface area contributed by atoms with E-state index in [2.05, 4.69) is 0 Å². The number of rotatable bonds is 2. The van der Waals surface area contributed by atoms with Crippen LogP contribution in [-0.2, 0) is 5.67 Å². The maximum Gasteiger partial charge on any atom is 0.136 e. The molecule has 1 atom stereocenters. The van der Waals surface area contributed by atoms with Crippen LogP contribution < -0.4 is 5.73 Å². The second-order valence-electron chi connectivity index (χ2n) is 3.97. The number of nitrogens with two attached hydrogens (primary N) is 1. The van der Waals surface area contributed by atoms with E-state index in [9.17, 15) is 4.39 Å². The predicted molar refractivity (Wildman–Crippen MR) is 52.0 cm³/mol. The van der Waals surface area contributed by atoms with Gasteiger partial charge in [0.05, 0.1) is 0 Å². The average Bonchev–Trinajstić information content (AvgIpc) is 2.87. The van der Waals surface area contributed by atoms with Crippen molar-refractivity contribution in [3.05, 3.63) is 29.8 Å². The van der Waals surface area contributed by atoms with Crippen LogP contribution in [0.1, 0.15) is 25.3 Å². The number of alkyl halides is 1. The van der Waals surface area contributed by atoms with E-state index in [1.807, 2.05) is 0 Å². The van der Waals surface area contributed by atoms with E-state index in [1.54, 1.807) is 31.2 Å². The molecule has 0 radical (unpaired) electrons.